The number of hydrogen-bond donors (Lipinski definition) is 0. The van der Waals surface area contributed by atoms with Crippen LogP contribution in [0, 0.1) is 6.92 Å². The summed E-state index contributed by atoms with van der Waals surface area (Å²) in [5, 5.41) is 2.05. The number of anilines is 1. The van der Waals surface area contributed by atoms with E-state index in [-0.39, 0.29) is 6.17 Å². The summed E-state index contributed by atoms with van der Waals surface area (Å²) in [6.07, 6.45) is 4.45. The summed E-state index contributed by atoms with van der Waals surface area (Å²) in [4.78, 5) is 4.43. The fourth-order valence-corrected chi connectivity index (χ4v) is 3.56. The van der Waals surface area contributed by atoms with Gasteiger partial charge in [-0.2, -0.15) is 0 Å². The summed E-state index contributed by atoms with van der Waals surface area (Å²) in [7, 11) is 2.08. The molecule has 0 spiro atoms. The molecule has 24 heavy (non-hydrogen) atoms. The van der Waals surface area contributed by atoms with Crippen molar-refractivity contribution in [3.8, 4) is 0 Å². The third kappa shape index (κ3) is 1.63. The average Bonchev–Trinajstić information content (AvgIpc) is 3.21. The van der Waals surface area contributed by atoms with Crippen LogP contribution in [0.4, 0.5) is 5.69 Å². The lowest BCUT2D eigenvalue weighted by Crippen LogP contribution is -2.33. The van der Waals surface area contributed by atoms with Gasteiger partial charge < -0.3 is 18.6 Å². The summed E-state index contributed by atoms with van der Waals surface area (Å²) < 4.78 is 12.4. The SMILES string of the molecule is Cc1ccc2c(oc3c4ccccc4oc23)c1N1C=CN(C)[C@@H]1C. The lowest BCUT2D eigenvalue weighted by Gasteiger charge is -2.28. The highest BCUT2D eigenvalue weighted by molar-refractivity contribution is 6.15. The Morgan fingerprint density at radius 3 is 2.46 bits per heavy atom. The van der Waals surface area contributed by atoms with Crippen molar-refractivity contribution in [2.75, 3.05) is 11.9 Å². The van der Waals surface area contributed by atoms with Crippen LogP contribution < -0.4 is 4.90 Å². The maximum atomic E-state index is 6.33. The topological polar surface area (TPSA) is 32.8 Å². The largest absolute Gasteiger partial charge is 0.452 e. The van der Waals surface area contributed by atoms with E-state index < -0.39 is 0 Å². The molecule has 0 fully saturated rings. The zero-order chi connectivity index (χ0) is 16.4. The third-order valence-electron chi connectivity index (χ3n) is 5.04. The summed E-state index contributed by atoms with van der Waals surface area (Å²) in [6, 6.07) is 12.2. The molecule has 0 saturated heterocycles. The number of hydrogen-bond acceptors (Lipinski definition) is 4. The van der Waals surface area contributed by atoms with Gasteiger partial charge in [-0.05, 0) is 37.6 Å². The van der Waals surface area contributed by atoms with Crippen molar-refractivity contribution < 1.29 is 8.83 Å². The second-order valence-electron chi connectivity index (χ2n) is 6.47. The number of benzene rings is 2. The molecule has 0 bridgehead atoms. The van der Waals surface area contributed by atoms with Gasteiger partial charge in [-0.3, -0.25) is 0 Å². The van der Waals surface area contributed by atoms with Gasteiger partial charge >= 0.3 is 0 Å². The lowest BCUT2D eigenvalue weighted by molar-refractivity contribution is 0.383. The highest BCUT2D eigenvalue weighted by Gasteiger charge is 2.26. The van der Waals surface area contributed by atoms with Crippen LogP contribution in [0.1, 0.15) is 12.5 Å². The molecule has 1 atom stereocenters. The molecule has 4 heteroatoms. The molecule has 120 valence electrons. The minimum Gasteiger partial charge on any atom is -0.452 e. The maximum Gasteiger partial charge on any atom is 0.181 e. The second kappa shape index (κ2) is 4.57. The Labute approximate surface area is 139 Å². The van der Waals surface area contributed by atoms with Crippen LogP contribution in [0.5, 0.6) is 0 Å². The normalized spacial score (nSPS) is 17.9. The number of rotatable bonds is 1. The molecular weight excluding hydrogens is 300 g/mol. The van der Waals surface area contributed by atoms with E-state index in [1.807, 2.05) is 24.3 Å². The molecule has 1 aliphatic heterocycles. The van der Waals surface area contributed by atoms with Crippen LogP contribution in [0.3, 0.4) is 0 Å². The molecule has 3 heterocycles. The van der Waals surface area contributed by atoms with Gasteiger partial charge in [0.1, 0.15) is 11.7 Å². The molecule has 1 aliphatic rings. The van der Waals surface area contributed by atoms with E-state index in [1.54, 1.807) is 0 Å². The van der Waals surface area contributed by atoms with E-state index in [0.29, 0.717) is 0 Å². The zero-order valence-electron chi connectivity index (χ0n) is 13.9. The maximum absolute atomic E-state index is 6.33. The van der Waals surface area contributed by atoms with Crippen LogP contribution in [0.2, 0.25) is 0 Å². The van der Waals surface area contributed by atoms with Crippen LogP contribution in [-0.4, -0.2) is 18.1 Å². The van der Waals surface area contributed by atoms with Gasteiger partial charge in [-0.15, -0.1) is 0 Å². The summed E-state index contributed by atoms with van der Waals surface area (Å²) in [5.74, 6) is 0. The highest BCUT2D eigenvalue weighted by Crippen LogP contribution is 2.42. The van der Waals surface area contributed by atoms with Crippen LogP contribution >= 0.6 is 0 Å². The van der Waals surface area contributed by atoms with E-state index in [1.165, 1.54) is 5.56 Å². The van der Waals surface area contributed by atoms with Gasteiger partial charge in [0, 0.05) is 19.4 Å². The Morgan fingerprint density at radius 2 is 1.67 bits per heavy atom. The fraction of sp³-hybridized carbons (Fsp3) is 0.200. The summed E-state index contributed by atoms with van der Waals surface area (Å²) in [6.45, 7) is 4.30. The molecule has 0 aliphatic carbocycles. The predicted molar refractivity (Wildman–Crippen MR) is 97.1 cm³/mol. The van der Waals surface area contributed by atoms with Crippen molar-refractivity contribution in [3.05, 3.63) is 54.4 Å². The molecule has 0 amide bonds. The van der Waals surface area contributed by atoms with E-state index in [2.05, 4.69) is 55.2 Å². The number of para-hydroxylation sites is 1. The lowest BCUT2D eigenvalue weighted by atomic mass is 10.1. The molecule has 0 unspecified atom stereocenters. The van der Waals surface area contributed by atoms with E-state index >= 15 is 0 Å². The monoisotopic (exact) mass is 318 g/mol. The number of fused-ring (bicyclic) bond motifs is 5. The van der Waals surface area contributed by atoms with Gasteiger partial charge in [-0.25, -0.2) is 0 Å². The minimum atomic E-state index is 0.252. The molecule has 0 radical (unpaired) electrons. The Kier molecular flexibility index (Phi) is 2.58. The van der Waals surface area contributed by atoms with Crippen molar-refractivity contribution >= 4 is 38.8 Å². The first-order valence-electron chi connectivity index (χ1n) is 8.17. The Balaban J connectivity index is 1.85. The van der Waals surface area contributed by atoms with Gasteiger partial charge in [-0.1, -0.05) is 18.2 Å². The molecule has 2 aromatic carbocycles. The van der Waals surface area contributed by atoms with E-state index in [4.69, 9.17) is 8.83 Å². The molecule has 0 N–H and O–H groups in total. The first-order valence-corrected chi connectivity index (χ1v) is 8.17. The summed E-state index contributed by atoms with van der Waals surface area (Å²) in [5.41, 5.74) is 5.71. The Hall–Kier alpha value is -2.88. The first-order chi connectivity index (χ1) is 11.6. The van der Waals surface area contributed by atoms with Gasteiger partial charge in [0.2, 0.25) is 0 Å². The first kappa shape index (κ1) is 13.5. The molecule has 4 nitrogen and oxygen atoms in total. The zero-order valence-corrected chi connectivity index (χ0v) is 13.9. The Morgan fingerprint density at radius 1 is 0.875 bits per heavy atom. The van der Waals surface area contributed by atoms with Crippen molar-refractivity contribution in [2.45, 2.75) is 20.0 Å². The third-order valence-corrected chi connectivity index (χ3v) is 5.04. The Bertz CT molecular complexity index is 1120. The van der Waals surface area contributed by atoms with Crippen LogP contribution in [0.15, 0.2) is 57.6 Å². The van der Waals surface area contributed by atoms with Crippen molar-refractivity contribution in [2.24, 2.45) is 0 Å². The van der Waals surface area contributed by atoms with Crippen molar-refractivity contribution in [1.29, 1.82) is 0 Å². The smallest absolute Gasteiger partial charge is 0.181 e. The number of furan rings is 2. The van der Waals surface area contributed by atoms with Gasteiger partial charge in [0.05, 0.1) is 16.5 Å². The van der Waals surface area contributed by atoms with Gasteiger partial charge in [0.15, 0.2) is 16.7 Å². The fourth-order valence-electron chi connectivity index (χ4n) is 3.56. The van der Waals surface area contributed by atoms with E-state index in [9.17, 15) is 0 Å². The minimum absolute atomic E-state index is 0.252. The van der Waals surface area contributed by atoms with Gasteiger partial charge in [0.25, 0.3) is 0 Å². The summed E-state index contributed by atoms with van der Waals surface area (Å²) >= 11 is 0. The highest BCUT2D eigenvalue weighted by atomic mass is 16.4. The van der Waals surface area contributed by atoms with Crippen molar-refractivity contribution in [1.82, 2.24) is 4.90 Å². The molecule has 5 rings (SSSR count). The van der Waals surface area contributed by atoms with Crippen LogP contribution in [0.25, 0.3) is 33.1 Å². The standard InChI is InChI=1S/C20H18N2O2/c1-12-8-9-15-18(17(12)22-11-10-21(3)13(22)2)24-19-14-6-4-5-7-16(14)23-20(15)19/h4-11,13H,1-3H3/t13-/m0/s1. The predicted octanol–water partition coefficient (Wildman–Crippen LogP) is 5.21. The van der Waals surface area contributed by atoms with Crippen LogP contribution in [-0.2, 0) is 0 Å². The quantitative estimate of drug-likeness (QED) is 0.482. The number of nitrogens with zero attached hydrogens (tertiary/aromatic N) is 2. The number of aryl methyl sites for hydroxylation is 1. The molecular formula is C20H18N2O2. The van der Waals surface area contributed by atoms with Crippen molar-refractivity contribution in [3.63, 3.8) is 0 Å². The average molecular weight is 318 g/mol. The molecule has 0 saturated carbocycles. The molecule has 2 aromatic heterocycles. The molecule has 4 aromatic rings. The second-order valence-corrected chi connectivity index (χ2v) is 6.47. The van der Waals surface area contributed by atoms with E-state index in [0.717, 1.165) is 38.8 Å².